The molecule has 0 atom stereocenters. The topological polar surface area (TPSA) is 57.0 Å². The summed E-state index contributed by atoms with van der Waals surface area (Å²) in [6.45, 7) is 5.85. The van der Waals surface area contributed by atoms with Gasteiger partial charge >= 0.3 is 0 Å². The molecule has 146 valence electrons. The van der Waals surface area contributed by atoms with E-state index in [-0.39, 0.29) is 52.7 Å². The molecule has 2 aromatic rings. The molecule has 2 aromatic carbocycles. The van der Waals surface area contributed by atoms with Crippen LogP contribution >= 0.6 is 12.2 Å². The molecule has 6 nitrogen and oxygen atoms in total. The standard InChI is InChI=1S/C22H20N4O2S/c1-14-13-17(9-10-18(14)23-2)25-20(28)22(11-4-12-22)26(21(25)29)16-7-5-15(6-8-16)19(27)24-3/h5-10,13H,4,11-12H2,1,3H3,(H,24,27)/i3D3,5D,6D,7D,8D,9D,13D. The van der Waals surface area contributed by atoms with Crippen LogP contribution in [0.5, 0.6) is 0 Å². The van der Waals surface area contributed by atoms with E-state index in [2.05, 4.69) is 4.85 Å². The lowest BCUT2D eigenvalue weighted by molar-refractivity contribution is -0.123. The van der Waals surface area contributed by atoms with E-state index in [0.29, 0.717) is 6.42 Å². The summed E-state index contributed by atoms with van der Waals surface area (Å²) in [6.07, 6.45) is 1.06. The summed E-state index contributed by atoms with van der Waals surface area (Å²) >= 11 is 5.60. The van der Waals surface area contributed by atoms with Gasteiger partial charge in [0, 0.05) is 28.0 Å². The highest BCUT2D eigenvalue weighted by atomic mass is 32.1. The molecule has 1 spiro atoms. The van der Waals surface area contributed by atoms with Gasteiger partial charge in [-0.2, -0.15) is 0 Å². The molecule has 1 saturated carbocycles. The maximum atomic E-state index is 13.8. The Bertz CT molecular complexity index is 1450. The first-order valence-electron chi connectivity index (χ1n) is 13.2. The maximum Gasteiger partial charge on any atom is 0.259 e. The Balaban J connectivity index is 1.92. The molecule has 0 radical (unpaired) electrons. The number of thiocarbonyl (C=S) groups is 1. The first kappa shape index (κ1) is 11.1. The van der Waals surface area contributed by atoms with Crippen molar-refractivity contribution < 1.29 is 21.9 Å². The average Bonchev–Trinajstić information content (AvgIpc) is 3.01. The van der Waals surface area contributed by atoms with Crippen molar-refractivity contribution in [2.75, 3.05) is 16.8 Å². The zero-order valence-corrected chi connectivity index (χ0v) is 16.1. The van der Waals surface area contributed by atoms with Crippen molar-refractivity contribution in [2.24, 2.45) is 0 Å². The molecule has 1 aliphatic heterocycles. The number of hydrogen-bond acceptors (Lipinski definition) is 3. The Kier molecular flexibility index (Phi) is 2.66. The third-order valence-corrected chi connectivity index (χ3v) is 5.51. The van der Waals surface area contributed by atoms with Crippen molar-refractivity contribution in [1.82, 2.24) is 5.32 Å². The summed E-state index contributed by atoms with van der Waals surface area (Å²) in [5, 5.41) is 1.39. The van der Waals surface area contributed by atoms with E-state index in [9.17, 15) is 9.59 Å². The minimum absolute atomic E-state index is 0.0713. The molecule has 29 heavy (non-hydrogen) atoms. The fourth-order valence-corrected chi connectivity index (χ4v) is 3.92. The Hall–Kier alpha value is -3.24. The van der Waals surface area contributed by atoms with Crippen molar-refractivity contribution >= 4 is 46.2 Å². The predicted octanol–water partition coefficient (Wildman–Crippen LogP) is 3.97. The van der Waals surface area contributed by atoms with Gasteiger partial charge in [-0.3, -0.25) is 14.5 Å². The van der Waals surface area contributed by atoms with Crippen LogP contribution in [0.2, 0.25) is 0 Å². The number of rotatable bonds is 3. The zero-order chi connectivity index (χ0) is 28.5. The van der Waals surface area contributed by atoms with Gasteiger partial charge in [0.25, 0.3) is 11.8 Å². The van der Waals surface area contributed by atoms with Crippen LogP contribution in [0.4, 0.5) is 17.1 Å². The molecule has 7 heteroatoms. The minimum atomic E-state index is -2.93. The van der Waals surface area contributed by atoms with E-state index in [1.807, 2.05) is 0 Å². The predicted molar refractivity (Wildman–Crippen MR) is 116 cm³/mol. The number of nitrogens with zero attached hydrogens (tertiary/aromatic N) is 3. The van der Waals surface area contributed by atoms with Gasteiger partial charge in [-0.05, 0) is 80.2 Å². The second-order valence-electron chi connectivity index (χ2n) is 6.71. The van der Waals surface area contributed by atoms with Gasteiger partial charge in [-0.1, -0.05) is 6.07 Å². The number of anilines is 2. The van der Waals surface area contributed by atoms with Gasteiger partial charge in [0.2, 0.25) is 0 Å². The molecule has 2 amide bonds. The van der Waals surface area contributed by atoms with Crippen molar-refractivity contribution in [3.63, 3.8) is 0 Å². The molecular weight excluding hydrogens is 384 g/mol. The second-order valence-corrected chi connectivity index (χ2v) is 7.07. The zero-order valence-electron chi connectivity index (χ0n) is 24.3. The third kappa shape index (κ3) is 2.79. The molecule has 1 aliphatic carbocycles. The molecule has 2 aliphatic rings. The van der Waals surface area contributed by atoms with Crippen LogP contribution in [-0.4, -0.2) is 29.4 Å². The molecule has 2 fully saturated rings. The van der Waals surface area contributed by atoms with Crippen LogP contribution in [0.25, 0.3) is 4.85 Å². The van der Waals surface area contributed by atoms with E-state index < -0.39 is 54.1 Å². The highest BCUT2D eigenvalue weighted by molar-refractivity contribution is 7.81. The quantitative estimate of drug-likeness (QED) is 0.611. The van der Waals surface area contributed by atoms with Crippen LogP contribution in [0.3, 0.4) is 0 Å². The first-order valence-corrected chi connectivity index (χ1v) is 9.09. The molecule has 1 saturated heterocycles. The summed E-state index contributed by atoms with van der Waals surface area (Å²) in [6, 6.07) is -2.38. The number of hydrogen-bond donors (Lipinski definition) is 1. The normalized spacial score (nSPS) is 22.1. The van der Waals surface area contributed by atoms with Crippen molar-refractivity contribution in [3.8, 4) is 0 Å². The minimum Gasteiger partial charge on any atom is -0.355 e. The number of carbonyl (C=O) groups is 2. The highest BCUT2D eigenvalue weighted by Crippen LogP contribution is 2.48. The molecule has 4 rings (SSSR count). The second kappa shape index (κ2) is 6.98. The van der Waals surface area contributed by atoms with Gasteiger partial charge in [0.15, 0.2) is 10.8 Å². The Labute approximate surface area is 187 Å². The lowest BCUT2D eigenvalue weighted by Crippen LogP contribution is -2.55. The molecule has 1 N–H and O–H groups in total. The van der Waals surface area contributed by atoms with Gasteiger partial charge < -0.3 is 10.2 Å². The van der Waals surface area contributed by atoms with Crippen molar-refractivity contribution in [3.05, 3.63) is 64.9 Å². The average molecular weight is 414 g/mol. The van der Waals surface area contributed by atoms with Crippen LogP contribution in [0.1, 0.15) is 47.5 Å². The van der Waals surface area contributed by atoms with Crippen molar-refractivity contribution in [2.45, 2.75) is 31.7 Å². The van der Waals surface area contributed by atoms with E-state index in [0.717, 1.165) is 4.90 Å². The molecule has 0 unspecified atom stereocenters. The van der Waals surface area contributed by atoms with Gasteiger partial charge in [0.05, 0.1) is 14.8 Å². The van der Waals surface area contributed by atoms with Crippen LogP contribution < -0.4 is 15.1 Å². The lowest BCUT2D eigenvalue weighted by Gasteiger charge is -2.43. The fraction of sp³-hybridized carbons (Fsp3) is 0.273. The van der Waals surface area contributed by atoms with Crippen LogP contribution in [0.15, 0.2) is 42.3 Å². The largest absolute Gasteiger partial charge is 0.355 e. The summed E-state index contributed by atoms with van der Waals surface area (Å²) in [4.78, 5) is 31.8. The summed E-state index contributed by atoms with van der Waals surface area (Å²) in [5.41, 5.74) is -2.40. The summed E-state index contributed by atoms with van der Waals surface area (Å²) < 4.78 is 72.5. The van der Waals surface area contributed by atoms with E-state index >= 15 is 0 Å². The molecular formula is C22H20N4O2S. The number of nitrogens with one attached hydrogen (secondary N) is 1. The lowest BCUT2D eigenvalue weighted by atomic mass is 9.75. The number of benzene rings is 2. The van der Waals surface area contributed by atoms with E-state index in [1.54, 1.807) is 5.32 Å². The number of carbonyl (C=O) groups excluding carboxylic acids is 2. The summed E-state index contributed by atoms with van der Waals surface area (Å²) in [5.74, 6) is -1.92. The maximum absolute atomic E-state index is 13.8. The fourth-order valence-electron chi connectivity index (χ4n) is 3.48. The molecule has 0 bridgehead atoms. The van der Waals surface area contributed by atoms with Gasteiger partial charge in [-0.25, -0.2) is 4.85 Å². The number of amides is 2. The van der Waals surface area contributed by atoms with Crippen LogP contribution in [-0.2, 0) is 4.79 Å². The van der Waals surface area contributed by atoms with E-state index in [1.165, 1.54) is 17.9 Å². The SMILES string of the molecule is [2H]c1cc([N+]#[C-])c(C)c([2H])c1N1C(=O)C2(CCC2)N(c2c([2H])c([2H])c(C(=O)NC([2H])([2H])[2H])c([2H])c2[2H])C1=S. The Morgan fingerprint density at radius 1 is 1.31 bits per heavy atom. The molecule has 0 aromatic heterocycles. The van der Waals surface area contributed by atoms with E-state index in [4.69, 9.17) is 31.1 Å². The van der Waals surface area contributed by atoms with Gasteiger partial charge in [0.1, 0.15) is 5.54 Å². The molecule has 1 heterocycles. The Morgan fingerprint density at radius 3 is 2.62 bits per heavy atom. The van der Waals surface area contributed by atoms with Crippen molar-refractivity contribution in [1.29, 1.82) is 0 Å². The smallest absolute Gasteiger partial charge is 0.259 e. The third-order valence-electron chi connectivity index (χ3n) is 5.15. The first-order chi connectivity index (χ1) is 17.6. The Morgan fingerprint density at radius 2 is 2.03 bits per heavy atom. The summed E-state index contributed by atoms with van der Waals surface area (Å²) in [7, 11) is 0. The highest BCUT2D eigenvalue weighted by Gasteiger charge is 2.59. The van der Waals surface area contributed by atoms with Gasteiger partial charge in [-0.15, -0.1) is 0 Å². The monoisotopic (exact) mass is 413 g/mol. The van der Waals surface area contributed by atoms with Crippen LogP contribution in [0, 0.1) is 13.5 Å².